The van der Waals surface area contributed by atoms with E-state index in [1.165, 1.54) is 19.4 Å². The van der Waals surface area contributed by atoms with Gasteiger partial charge in [0.1, 0.15) is 12.1 Å². The summed E-state index contributed by atoms with van der Waals surface area (Å²) in [6, 6.07) is 0. The number of aldehydes is 1. The molecule has 0 N–H and O–H groups in total. The minimum absolute atomic E-state index is 0.167. The second-order valence-electron chi connectivity index (χ2n) is 3.88. The number of Topliss-reactive ketones (excluding diaryl/α,β-unsaturated/α-hetero) is 1. The normalized spacial score (nSPS) is 9.80. The lowest BCUT2D eigenvalue weighted by atomic mass is 10.1. The summed E-state index contributed by atoms with van der Waals surface area (Å²) in [7, 11) is 0. The van der Waals surface area contributed by atoms with Gasteiger partial charge < -0.3 is 4.79 Å². The topological polar surface area (TPSA) is 34.1 Å². The summed E-state index contributed by atoms with van der Waals surface area (Å²) in [4.78, 5) is 19.5. The van der Waals surface area contributed by atoms with Gasteiger partial charge in [-0.25, -0.2) is 0 Å². The first kappa shape index (κ1) is 16.3. The maximum absolute atomic E-state index is 10.0. The van der Waals surface area contributed by atoms with Gasteiger partial charge in [0.05, 0.1) is 0 Å². The molecule has 0 bridgehead atoms. The standard InChI is InChI=1S/C10H16O.C3H6O/c1-9(2)5-4-6-10(3)7-8-11;1-3(2)4/h5,7-8H,4,6H2,1-3H3;1-2H3. The van der Waals surface area contributed by atoms with E-state index in [-0.39, 0.29) is 5.78 Å². The summed E-state index contributed by atoms with van der Waals surface area (Å²) < 4.78 is 0. The molecule has 2 heteroatoms. The largest absolute Gasteiger partial charge is 0.300 e. The van der Waals surface area contributed by atoms with E-state index in [4.69, 9.17) is 0 Å². The minimum Gasteiger partial charge on any atom is -0.300 e. The first-order valence-corrected chi connectivity index (χ1v) is 5.11. The monoisotopic (exact) mass is 210 g/mol. The third-order valence-electron chi connectivity index (χ3n) is 1.44. The first-order chi connectivity index (χ1) is 6.90. The molecule has 0 amide bonds. The average molecular weight is 210 g/mol. The number of rotatable bonds is 4. The van der Waals surface area contributed by atoms with Gasteiger partial charge in [-0.1, -0.05) is 17.2 Å². The Kier molecular flexibility index (Phi) is 11.8. The van der Waals surface area contributed by atoms with E-state index in [0.717, 1.165) is 24.7 Å². The van der Waals surface area contributed by atoms with Crippen molar-refractivity contribution in [2.24, 2.45) is 0 Å². The zero-order chi connectivity index (χ0) is 12.3. The quantitative estimate of drug-likeness (QED) is 0.404. The molecule has 0 unspecified atom stereocenters. The van der Waals surface area contributed by atoms with Crippen LogP contribution in [0.25, 0.3) is 0 Å². The van der Waals surface area contributed by atoms with Crippen LogP contribution in [0, 0.1) is 0 Å². The van der Waals surface area contributed by atoms with Crippen molar-refractivity contribution in [2.75, 3.05) is 0 Å². The van der Waals surface area contributed by atoms with Crippen molar-refractivity contribution in [2.45, 2.75) is 47.5 Å². The summed E-state index contributed by atoms with van der Waals surface area (Å²) in [6.07, 6.45) is 6.68. The molecule has 0 spiro atoms. The summed E-state index contributed by atoms with van der Waals surface area (Å²) in [6.45, 7) is 9.20. The van der Waals surface area contributed by atoms with Crippen LogP contribution in [0.5, 0.6) is 0 Å². The number of carbonyl (C=O) groups is 2. The minimum atomic E-state index is 0.167. The second-order valence-corrected chi connectivity index (χ2v) is 3.88. The van der Waals surface area contributed by atoms with Crippen LogP contribution in [0.1, 0.15) is 47.5 Å². The Morgan fingerprint density at radius 3 is 1.87 bits per heavy atom. The number of hydrogen-bond donors (Lipinski definition) is 0. The van der Waals surface area contributed by atoms with E-state index in [0.29, 0.717) is 0 Å². The van der Waals surface area contributed by atoms with Crippen molar-refractivity contribution >= 4 is 12.1 Å². The zero-order valence-electron chi connectivity index (χ0n) is 10.5. The van der Waals surface area contributed by atoms with E-state index < -0.39 is 0 Å². The van der Waals surface area contributed by atoms with Crippen LogP contribution in [0.15, 0.2) is 23.3 Å². The number of hydrogen-bond acceptors (Lipinski definition) is 2. The van der Waals surface area contributed by atoms with Gasteiger partial charge in [-0.2, -0.15) is 0 Å². The van der Waals surface area contributed by atoms with Gasteiger partial charge in [0.15, 0.2) is 0 Å². The fourth-order valence-electron chi connectivity index (χ4n) is 0.788. The van der Waals surface area contributed by atoms with Crippen LogP contribution < -0.4 is 0 Å². The molecular formula is C13H22O2. The lowest BCUT2D eigenvalue weighted by Gasteiger charge is -1.94. The Morgan fingerprint density at radius 2 is 1.53 bits per heavy atom. The van der Waals surface area contributed by atoms with Crippen LogP contribution in [-0.2, 0) is 9.59 Å². The highest BCUT2D eigenvalue weighted by Gasteiger charge is 1.86. The average Bonchev–Trinajstić information content (AvgIpc) is 2.02. The molecule has 0 atom stereocenters. The molecule has 0 aromatic rings. The highest BCUT2D eigenvalue weighted by atomic mass is 16.1. The van der Waals surface area contributed by atoms with Gasteiger partial charge in [-0.3, -0.25) is 4.79 Å². The van der Waals surface area contributed by atoms with Gasteiger partial charge in [0, 0.05) is 0 Å². The van der Waals surface area contributed by atoms with Crippen LogP contribution in [0.2, 0.25) is 0 Å². The van der Waals surface area contributed by atoms with Gasteiger partial charge in [-0.05, 0) is 53.5 Å². The molecule has 0 fully saturated rings. The van der Waals surface area contributed by atoms with Crippen LogP contribution in [-0.4, -0.2) is 12.1 Å². The van der Waals surface area contributed by atoms with Crippen LogP contribution >= 0.6 is 0 Å². The maximum atomic E-state index is 10.0. The second kappa shape index (κ2) is 10.9. The summed E-state index contributed by atoms with van der Waals surface area (Å²) in [5, 5.41) is 0. The molecule has 0 aromatic carbocycles. The molecule has 0 heterocycles. The molecule has 15 heavy (non-hydrogen) atoms. The van der Waals surface area contributed by atoms with Crippen molar-refractivity contribution in [3.63, 3.8) is 0 Å². The summed E-state index contributed by atoms with van der Waals surface area (Å²) >= 11 is 0. The van der Waals surface area contributed by atoms with Crippen molar-refractivity contribution in [3.8, 4) is 0 Å². The van der Waals surface area contributed by atoms with E-state index in [1.807, 2.05) is 6.92 Å². The van der Waals surface area contributed by atoms with Crippen molar-refractivity contribution in [1.82, 2.24) is 0 Å². The van der Waals surface area contributed by atoms with Crippen LogP contribution in [0.4, 0.5) is 0 Å². The lowest BCUT2D eigenvalue weighted by Crippen LogP contribution is -1.77. The molecule has 0 aromatic heterocycles. The molecule has 0 rings (SSSR count). The van der Waals surface area contributed by atoms with Gasteiger partial charge in [0.2, 0.25) is 0 Å². The predicted octanol–water partition coefficient (Wildman–Crippen LogP) is 3.47. The van der Waals surface area contributed by atoms with Gasteiger partial charge in [0.25, 0.3) is 0 Å². The Bertz CT molecular complexity index is 239. The third-order valence-corrected chi connectivity index (χ3v) is 1.44. The maximum Gasteiger partial charge on any atom is 0.142 e. The molecule has 0 aliphatic heterocycles. The Hall–Kier alpha value is -1.18. The number of ketones is 1. The summed E-state index contributed by atoms with van der Waals surface area (Å²) in [5.41, 5.74) is 2.49. The smallest absolute Gasteiger partial charge is 0.142 e. The van der Waals surface area contributed by atoms with E-state index in [1.54, 1.807) is 6.08 Å². The molecule has 0 aliphatic rings. The summed E-state index contributed by atoms with van der Waals surface area (Å²) in [5.74, 6) is 0.167. The van der Waals surface area contributed by atoms with Crippen molar-refractivity contribution in [3.05, 3.63) is 23.3 Å². The van der Waals surface area contributed by atoms with Crippen molar-refractivity contribution < 1.29 is 9.59 Å². The highest BCUT2D eigenvalue weighted by Crippen LogP contribution is 2.05. The molecular weight excluding hydrogens is 188 g/mol. The molecule has 0 aliphatic carbocycles. The van der Waals surface area contributed by atoms with Gasteiger partial charge >= 0.3 is 0 Å². The predicted molar refractivity (Wildman–Crippen MR) is 64.8 cm³/mol. The number of allylic oxidation sites excluding steroid dienone is 4. The molecule has 0 radical (unpaired) electrons. The third kappa shape index (κ3) is 24.5. The molecule has 86 valence electrons. The fraction of sp³-hybridized carbons (Fsp3) is 0.538. The van der Waals surface area contributed by atoms with E-state index >= 15 is 0 Å². The Morgan fingerprint density at radius 1 is 1.07 bits per heavy atom. The molecule has 2 nitrogen and oxygen atoms in total. The Labute approximate surface area is 93.1 Å². The van der Waals surface area contributed by atoms with Gasteiger partial charge in [-0.15, -0.1) is 0 Å². The molecule has 0 saturated carbocycles. The number of carbonyl (C=O) groups excluding carboxylic acids is 2. The zero-order valence-corrected chi connectivity index (χ0v) is 10.5. The van der Waals surface area contributed by atoms with E-state index in [9.17, 15) is 9.59 Å². The van der Waals surface area contributed by atoms with E-state index in [2.05, 4.69) is 19.9 Å². The molecule has 0 saturated heterocycles. The Balaban J connectivity index is 0. The fourth-order valence-corrected chi connectivity index (χ4v) is 0.788. The first-order valence-electron chi connectivity index (χ1n) is 5.11. The highest BCUT2D eigenvalue weighted by molar-refractivity contribution is 5.72. The SMILES string of the molecule is CC(C)=CCCC(C)=CC=O.CC(C)=O. The van der Waals surface area contributed by atoms with Crippen molar-refractivity contribution in [1.29, 1.82) is 0 Å². The lowest BCUT2D eigenvalue weighted by molar-refractivity contribution is -0.115. The van der Waals surface area contributed by atoms with Crippen LogP contribution in [0.3, 0.4) is 0 Å².